The van der Waals surface area contributed by atoms with E-state index in [1.54, 1.807) is 24.5 Å². The van der Waals surface area contributed by atoms with Gasteiger partial charge < -0.3 is 15.1 Å². The van der Waals surface area contributed by atoms with Gasteiger partial charge >= 0.3 is 6.03 Å². The summed E-state index contributed by atoms with van der Waals surface area (Å²) in [5.41, 5.74) is 2.07. The Morgan fingerprint density at radius 3 is 2.40 bits per heavy atom. The van der Waals surface area contributed by atoms with Crippen LogP contribution in [0, 0.1) is 0 Å². The number of hydrogen-bond acceptors (Lipinski definition) is 3. The Kier molecular flexibility index (Phi) is 5.66. The maximum absolute atomic E-state index is 12.5. The van der Waals surface area contributed by atoms with Crippen LogP contribution >= 0.6 is 23.2 Å². The summed E-state index contributed by atoms with van der Waals surface area (Å²) in [6.07, 6.45) is 3.57. The molecular weight excluding hydrogens is 359 g/mol. The van der Waals surface area contributed by atoms with Crippen molar-refractivity contribution in [3.8, 4) is 0 Å². The highest BCUT2D eigenvalue weighted by atomic mass is 35.5. The summed E-state index contributed by atoms with van der Waals surface area (Å²) < 4.78 is 0. The topological polar surface area (TPSA) is 48.5 Å². The third-order valence-electron chi connectivity index (χ3n) is 4.38. The summed E-state index contributed by atoms with van der Waals surface area (Å²) in [5.74, 6) is 0. The first-order chi connectivity index (χ1) is 12.0. The number of amides is 2. The molecule has 0 radical (unpaired) electrons. The molecule has 1 N–H and O–H groups in total. The Hall–Kier alpha value is -1.98. The second-order valence-electron chi connectivity index (χ2n) is 6.02. The minimum atomic E-state index is -0.138. The van der Waals surface area contributed by atoms with E-state index in [0.29, 0.717) is 23.1 Å². The Labute approximate surface area is 157 Å². The van der Waals surface area contributed by atoms with E-state index in [-0.39, 0.29) is 12.1 Å². The number of pyridine rings is 1. The van der Waals surface area contributed by atoms with Gasteiger partial charge in [0, 0.05) is 44.3 Å². The van der Waals surface area contributed by atoms with Gasteiger partial charge in [0.1, 0.15) is 0 Å². The van der Waals surface area contributed by atoms with Crippen LogP contribution in [0.15, 0.2) is 42.7 Å². The van der Waals surface area contributed by atoms with Crippen LogP contribution in [0.1, 0.15) is 18.5 Å². The first kappa shape index (κ1) is 17.8. The van der Waals surface area contributed by atoms with E-state index in [4.69, 9.17) is 23.2 Å². The molecule has 7 heteroatoms. The molecule has 1 fully saturated rings. The molecule has 25 heavy (non-hydrogen) atoms. The van der Waals surface area contributed by atoms with Crippen LogP contribution in [-0.4, -0.2) is 42.1 Å². The molecular formula is C18H20Cl2N4O. The molecule has 2 aromatic rings. The number of urea groups is 1. The van der Waals surface area contributed by atoms with Gasteiger partial charge in [-0.15, -0.1) is 0 Å². The second-order valence-corrected chi connectivity index (χ2v) is 6.84. The van der Waals surface area contributed by atoms with Gasteiger partial charge in [0.2, 0.25) is 0 Å². The maximum Gasteiger partial charge on any atom is 0.317 e. The third kappa shape index (κ3) is 4.35. The van der Waals surface area contributed by atoms with Crippen LogP contribution in [-0.2, 0) is 0 Å². The zero-order chi connectivity index (χ0) is 17.8. The van der Waals surface area contributed by atoms with Crippen LogP contribution in [0.4, 0.5) is 10.5 Å². The number of anilines is 1. The minimum absolute atomic E-state index is 0.0621. The van der Waals surface area contributed by atoms with E-state index < -0.39 is 0 Å². The smallest absolute Gasteiger partial charge is 0.317 e. The summed E-state index contributed by atoms with van der Waals surface area (Å²) in [5, 5.41) is 4.03. The number of hydrogen-bond donors (Lipinski definition) is 1. The molecule has 0 aliphatic carbocycles. The molecule has 0 spiro atoms. The van der Waals surface area contributed by atoms with Gasteiger partial charge in [-0.1, -0.05) is 29.3 Å². The number of benzene rings is 1. The fraction of sp³-hybridized carbons (Fsp3) is 0.333. The highest BCUT2D eigenvalue weighted by molar-refractivity contribution is 6.42. The molecule has 0 bridgehead atoms. The van der Waals surface area contributed by atoms with Crippen molar-refractivity contribution < 1.29 is 4.79 Å². The van der Waals surface area contributed by atoms with Gasteiger partial charge in [-0.2, -0.15) is 0 Å². The number of halogens is 2. The minimum Gasteiger partial charge on any atom is -0.368 e. The highest BCUT2D eigenvalue weighted by Gasteiger charge is 2.22. The predicted molar refractivity (Wildman–Crippen MR) is 101 cm³/mol. The van der Waals surface area contributed by atoms with Crippen molar-refractivity contribution in [2.75, 3.05) is 31.1 Å². The summed E-state index contributed by atoms with van der Waals surface area (Å²) >= 11 is 12.0. The van der Waals surface area contributed by atoms with E-state index in [9.17, 15) is 4.79 Å². The summed E-state index contributed by atoms with van der Waals surface area (Å²) in [6, 6.07) is 9.18. The molecule has 0 saturated carbocycles. The van der Waals surface area contributed by atoms with Crippen LogP contribution in [0.3, 0.4) is 0 Å². The average Bonchev–Trinajstić information content (AvgIpc) is 2.64. The number of carbonyl (C=O) groups excluding carboxylic acids is 1. The Balaban J connectivity index is 1.55. The lowest BCUT2D eigenvalue weighted by Gasteiger charge is -2.36. The number of nitrogens with one attached hydrogen (secondary N) is 1. The zero-order valence-electron chi connectivity index (χ0n) is 14.0. The molecule has 1 saturated heterocycles. The van der Waals surface area contributed by atoms with E-state index in [1.165, 1.54) is 0 Å². The fourth-order valence-corrected chi connectivity index (χ4v) is 3.17. The molecule has 1 aromatic carbocycles. The lowest BCUT2D eigenvalue weighted by molar-refractivity contribution is 0.191. The summed E-state index contributed by atoms with van der Waals surface area (Å²) in [6.45, 7) is 4.91. The molecule has 2 amide bonds. The maximum atomic E-state index is 12.5. The number of rotatable bonds is 3. The Bertz CT molecular complexity index is 733. The fourth-order valence-electron chi connectivity index (χ4n) is 2.86. The van der Waals surface area contributed by atoms with Gasteiger partial charge in [0.25, 0.3) is 0 Å². The third-order valence-corrected chi connectivity index (χ3v) is 5.12. The predicted octanol–water partition coefficient (Wildman–Crippen LogP) is 3.98. The van der Waals surface area contributed by atoms with Crippen molar-refractivity contribution in [1.82, 2.24) is 15.2 Å². The number of piperazine rings is 1. The van der Waals surface area contributed by atoms with E-state index >= 15 is 0 Å². The first-order valence-electron chi connectivity index (χ1n) is 8.20. The van der Waals surface area contributed by atoms with Crippen molar-refractivity contribution in [2.24, 2.45) is 0 Å². The summed E-state index contributed by atoms with van der Waals surface area (Å²) in [7, 11) is 0. The molecule has 1 aliphatic rings. The molecule has 2 heterocycles. The molecule has 132 valence electrons. The largest absolute Gasteiger partial charge is 0.368 e. The zero-order valence-corrected chi connectivity index (χ0v) is 15.5. The van der Waals surface area contributed by atoms with Crippen molar-refractivity contribution in [3.05, 3.63) is 58.3 Å². The highest BCUT2D eigenvalue weighted by Crippen LogP contribution is 2.25. The van der Waals surface area contributed by atoms with E-state index in [1.807, 2.05) is 30.0 Å². The first-order valence-corrected chi connectivity index (χ1v) is 8.95. The van der Waals surface area contributed by atoms with Crippen LogP contribution in [0.25, 0.3) is 0 Å². The van der Waals surface area contributed by atoms with E-state index in [2.05, 4.69) is 15.2 Å². The van der Waals surface area contributed by atoms with Crippen molar-refractivity contribution in [3.63, 3.8) is 0 Å². The number of nitrogens with zero attached hydrogens (tertiary/aromatic N) is 3. The monoisotopic (exact) mass is 378 g/mol. The quantitative estimate of drug-likeness (QED) is 0.878. The molecule has 5 nitrogen and oxygen atoms in total. The van der Waals surface area contributed by atoms with Crippen LogP contribution in [0.2, 0.25) is 10.0 Å². The standard InChI is InChI=1S/C18H20Cl2N4O/c1-13(14-2-3-16(19)17(20)12-14)22-18(25)24-10-8-23(9-11-24)15-4-6-21-7-5-15/h2-7,12-13H,8-11H2,1H3,(H,22,25). The molecule has 3 rings (SSSR count). The van der Waals surface area contributed by atoms with Crippen molar-refractivity contribution in [2.45, 2.75) is 13.0 Å². The molecule has 1 atom stereocenters. The lowest BCUT2D eigenvalue weighted by atomic mass is 10.1. The van der Waals surface area contributed by atoms with Gasteiger partial charge in [-0.05, 0) is 36.8 Å². The lowest BCUT2D eigenvalue weighted by Crippen LogP contribution is -2.52. The van der Waals surface area contributed by atoms with Gasteiger partial charge in [-0.3, -0.25) is 4.98 Å². The molecule has 1 unspecified atom stereocenters. The average molecular weight is 379 g/mol. The van der Waals surface area contributed by atoms with Gasteiger partial charge in [-0.25, -0.2) is 4.79 Å². The van der Waals surface area contributed by atoms with Crippen molar-refractivity contribution in [1.29, 1.82) is 0 Å². The van der Waals surface area contributed by atoms with Crippen LogP contribution in [0.5, 0.6) is 0 Å². The molecule has 1 aromatic heterocycles. The van der Waals surface area contributed by atoms with Gasteiger partial charge in [0.05, 0.1) is 16.1 Å². The Morgan fingerprint density at radius 2 is 1.76 bits per heavy atom. The van der Waals surface area contributed by atoms with E-state index in [0.717, 1.165) is 24.3 Å². The Morgan fingerprint density at radius 1 is 1.08 bits per heavy atom. The summed E-state index contributed by atoms with van der Waals surface area (Å²) in [4.78, 5) is 20.6. The van der Waals surface area contributed by atoms with Crippen molar-refractivity contribution >= 4 is 34.9 Å². The molecule has 1 aliphatic heterocycles. The SMILES string of the molecule is CC(NC(=O)N1CCN(c2ccncc2)CC1)c1ccc(Cl)c(Cl)c1. The van der Waals surface area contributed by atoms with Crippen LogP contribution < -0.4 is 10.2 Å². The number of aromatic nitrogens is 1. The normalized spacial score (nSPS) is 15.8. The van der Waals surface area contributed by atoms with Gasteiger partial charge in [0.15, 0.2) is 0 Å². The second kappa shape index (κ2) is 7.93. The number of carbonyl (C=O) groups is 1.